The van der Waals surface area contributed by atoms with Crippen LogP contribution in [0.4, 0.5) is 5.69 Å². The van der Waals surface area contributed by atoms with Gasteiger partial charge < -0.3 is 19.1 Å². The fraction of sp³-hybridized carbons (Fsp3) is 0.242. The molecule has 0 bridgehead atoms. The number of esters is 1. The number of benzene rings is 3. The van der Waals surface area contributed by atoms with Gasteiger partial charge in [-0.25, -0.2) is 9.78 Å². The number of fused-ring (bicyclic) bond motifs is 3. The van der Waals surface area contributed by atoms with E-state index in [4.69, 9.17) is 19.2 Å². The lowest BCUT2D eigenvalue weighted by molar-refractivity contribution is -0.122. The van der Waals surface area contributed by atoms with Crippen molar-refractivity contribution in [3.8, 4) is 11.5 Å². The minimum Gasteiger partial charge on any atom is -0.493 e. The first-order valence-electron chi connectivity index (χ1n) is 13.4. The van der Waals surface area contributed by atoms with E-state index in [-0.39, 0.29) is 18.6 Å². The van der Waals surface area contributed by atoms with Crippen LogP contribution in [0, 0.1) is 0 Å². The van der Waals surface area contributed by atoms with Crippen molar-refractivity contribution in [2.75, 3.05) is 25.7 Å². The van der Waals surface area contributed by atoms with Crippen LogP contribution in [-0.4, -0.2) is 43.7 Å². The van der Waals surface area contributed by atoms with Crippen LogP contribution < -0.4 is 14.4 Å². The van der Waals surface area contributed by atoms with Crippen molar-refractivity contribution >= 4 is 40.1 Å². The number of pyridine rings is 1. The van der Waals surface area contributed by atoms with Gasteiger partial charge in [-0.1, -0.05) is 42.5 Å². The quantitative estimate of drug-likeness (QED) is 0.288. The average molecular weight is 535 g/mol. The Morgan fingerprint density at radius 3 is 2.58 bits per heavy atom. The third-order valence-corrected chi connectivity index (χ3v) is 7.70. The number of anilines is 1. The first-order valence-corrected chi connectivity index (χ1v) is 13.4. The van der Waals surface area contributed by atoms with Crippen molar-refractivity contribution in [2.45, 2.75) is 32.2 Å². The average Bonchev–Trinajstić information content (AvgIpc) is 3.53. The highest BCUT2D eigenvalue weighted by Gasteiger charge is 2.32. The molecule has 7 nitrogen and oxygen atoms in total. The van der Waals surface area contributed by atoms with Crippen molar-refractivity contribution in [1.82, 2.24) is 4.98 Å². The summed E-state index contributed by atoms with van der Waals surface area (Å²) in [6.07, 6.45) is 4.24. The van der Waals surface area contributed by atoms with Crippen LogP contribution in [0.3, 0.4) is 0 Å². The molecule has 0 saturated heterocycles. The van der Waals surface area contributed by atoms with Crippen LogP contribution >= 0.6 is 0 Å². The van der Waals surface area contributed by atoms with Gasteiger partial charge in [0.1, 0.15) is 0 Å². The van der Waals surface area contributed by atoms with Gasteiger partial charge in [0.2, 0.25) is 0 Å². The molecule has 0 saturated carbocycles. The van der Waals surface area contributed by atoms with E-state index < -0.39 is 5.97 Å². The number of rotatable bonds is 6. The standard InChI is InChI=1S/C33H30N2O5/c1-20-16-22-8-4-7-11-27(22)35(20)30(36)19-40-33(37)31-24-9-5-6-10-26(24)34-32-23(13-14-25(31)32)17-21-12-15-28(38-2)29(18-21)39-3/h4-12,15,17-18,20H,13-14,16,19H2,1-3H3/b23-17-/t20-/m1/s1. The molecule has 0 fully saturated rings. The van der Waals surface area contributed by atoms with Crippen molar-refractivity contribution in [1.29, 1.82) is 0 Å². The highest BCUT2D eigenvalue weighted by Crippen LogP contribution is 2.39. The maximum atomic E-state index is 13.6. The largest absolute Gasteiger partial charge is 0.493 e. The van der Waals surface area contributed by atoms with Crippen molar-refractivity contribution in [3.63, 3.8) is 0 Å². The predicted octanol–water partition coefficient (Wildman–Crippen LogP) is 5.87. The van der Waals surface area contributed by atoms with E-state index in [0.717, 1.165) is 51.9 Å². The van der Waals surface area contributed by atoms with Gasteiger partial charge in [-0.3, -0.25) is 4.79 Å². The van der Waals surface area contributed by atoms with Crippen LogP contribution in [0.5, 0.6) is 11.5 Å². The van der Waals surface area contributed by atoms with Crippen LogP contribution in [0.15, 0.2) is 66.7 Å². The Kier molecular flexibility index (Phi) is 6.72. The Bertz CT molecular complexity index is 1680. The first-order chi connectivity index (χ1) is 19.5. The second-order valence-electron chi connectivity index (χ2n) is 10.1. The van der Waals surface area contributed by atoms with Crippen molar-refractivity contribution < 1.29 is 23.8 Å². The molecule has 1 aliphatic heterocycles. The van der Waals surface area contributed by atoms with E-state index in [2.05, 4.69) is 6.08 Å². The summed E-state index contributed by atoms with van der Waals surface area (Å²) in [4.78, 5) is 33.5. The van der Waals surface area contributed by atoms with E-state index in [0.29, 0.717) is 29.0 Å². The van der Waals surface area contributed by atoms with Gasteiger partial charge in [0.05, 0.1) is 31.0 Å². The number of nitrogens with zero attached hydrogens (tertiary/aromatic N) is 2. The molecule has 7 heteroatoms. The summed E-state index contributed by atoms with van der Waals surface area (Å²) >= 11 is 0. The van der Waals surface area contributed by atoms with E-state index in [9.17, 15) is 9.59 Å². The summed E-state index contributed by atoms with van der Waals surface area (Å²) in [5.74, 6) is 0.572. The monoisotopic (exact) mass is 534 g/mol. The third kappa shape index (κ3) is 4.47. The summed E-state index contributed by atoms with van der Waals surface area (Å²) in [5.41, 5.74) is 6.82. The molecule has 6 rings (SSSR count). The molecule has 0 spiro atoms. The SMILES string of the molecule is COc1ccc(/C=C2/CCc3c2nc2ccccc2c3C(=O)OCC(=O)N2c3ccccc3C[C@H]2C)cc1OC. The summed E-state index contributed by atoms with van der Waals surface area (Å²) in [6, 6.07) is 21.2. The summed E-state index contributed by atoms with van der Waals surface area (Å²) < 4.78 is 16.5. The second kappa shape index (κ2) is 10.5. The summed E-state index contributed by atoms with van der Waals surface area (Å²) in [7, 11) is 3.22. The number of aromatic nitrogens is 1. The Balaban J connectivity index is 1.31. The molecule has 2 heterocycles. The second-order valence-corrected chi connectivity index (χ2v) is 10.1. The zero-order chi connectivity index (χ0) is 27.8. The molecule has 1 atom stereocenters. The summed E-state index contributed by atoms with van der Waals surface area (Å²) in [5, 5.41) is 0.728. The van der Waals surface area contributed by atoms with Gasteiger partial charge in [-0.2, -0.15) is 0 Å². The first kappa shape index (κ1) is 25.6. The molecule has 4 aromatic rings. The van der Waals surface area contributed by atoms with E-state index in [1.807, 2.05) is 73.7 Å². The molecule has 202 valence electrons. The van der Waals surface area contributed by atoms with Gasteiger partial charge in [0.25, 0.3) is 5.91 Å². The fourth-order valence-corrected chi connectivity index (χ4v) is 5.87. The Morgan fingerprint density at radius 1 is 0.975 bits per heavy atom. The number of allylic oxidation sites excluding steroid dienone is 1. The molecule has 0 unspecified atom stereocenters. The van der Waals surface area contributed by atoms with E-state index in [1.165, 1.54) is 0 Å². The molecule has 2 aliphatic rings. The number of hydrogen-bond donors (Lipinski definition) is 0. The Morgan fingerprint density at radius 2 is 1.75 bits per heavy atom. The number of para-hydroxylation sites is 2. The van der Waals surface area contributed by atoms with E-state index >= 15 is 0 Å². The highest BCUT2D eigenvalue weighted by atomic mass is 16.5. The van der Waals surface area contributed by atoms with E-state index in [1.54, 1.807) is 19.1 Å². The highest BCUT2D eigenvalue weighted by molar-refractivity contribution is 6.08. The normalized spacial score (nSPS) is 16.6. The predicted molar refractivity (Wildman–Crippen MR) is 155 cm³/mol. The van der Waals surface area contributed by atoms with Gasteiger partial charge in [-0.15, -0.1) is 0 Å². The van der Waals surface area contributed by atoms with Crippen molar-refractivity contribution in [2.24, 2.45) is 0 Å². The van der Waals surface area contributed by atoms with Crippen molar-refractivity contribution in [3.05, 3.63) is 94.7 Å². The molecule has 0 radical (unpaired) electrons. The summed E-state index contributed by atoms with van der Waals surface area (Å²) in [6.45, 7) is 1.69. The molecule has 40 heavy (non-hydrogen) atoms. The third-order valence-electron chi connectivity index (χ3n) is 7.70. The topological polar surface area (TPSA) is 78.0 Å². The molecular weight excluding hydrogens is 504 g/mol. The Hall–Kier alpha value is -4.65. The lowest BCUT2D eigenvalue weighted by Gasteiger charge is -2.22. The number of hydrogen-bond acceptors (Lipinski definition) is 6. The van der Waals surface area contributed by atoms with Gasteiger partial charge in [0, 0.05) is 17.1 Å². The van der Waals surface area contributed by atoms with Crippen LogP contribution in [0.1, 0.15) is 46.1 Å². The molecular formula is C33H30N2O5. The molecule has 1 aromatic heterocycles. The van der Waals surface area contributed by atoms with Gasteiger partial charge in [-0.05, 0) is 78.8 Å². The zero-order valence-electron chi connectivity index (χ0n) is 22.8. The number of amides is 1. The number of carbonyl (C=O) groups excluding carboxylic acids is 2. The van der Waals surface area contributed by atoms with Gasteiger partial charge in [0.15, 0.2) is 18.1 Å². The minimum absolute atomic E-state index is 0.0129. The minimum atomic E-state index is -0.504. The fourth-order valence-electron chi connectivity index (χ4n) is 5.87. The molecule has 0 N–H and O–H groups in total. The maximum Gasteiger partial charge on any atom is 0.339 e. The Labute approximate surface area is 233 Å². The van der Waals surface area contributed by atoms with Crippen LogP contribution in [0.2, 0.25) is 0 Å². The lowest BCUT2D eigenvalue weighted by Crippen LogP contribution is -2.38. The maximum absolute atomic E-state index is 13.6. The molecule has 1 aliphatic carbocycles. The van der Waals surface area contributed by atoms with Crippen LogP contribution in [-0.2, 0) is 22.4 Å². The van der Waals surface area contributed by atoms with Gasteiger partial charge >= 0.3 is 5.97 Å². The van der Waals surface area contributed by atoms with Crippen LogP contribution in [0.25, 0.3) is 22.6 Å². The number of ether oxygens (including phenoxy) is 3. The zero-order valence-corrected chi connectivity index (χ0v) is 22.8. The number of methoxy groups -OCH3 is 2. The smallest absolute Gasteiger partial charge is 0.339 e. The lowest BCUT2D eigenvalue weighted by atomic mass is 10.0. The molecule has 3 aromatic carbocycles. The number of carbonyl (C=O) groups is 2. The molecule has 1 amide bonds.